The predicted octanol–water partition coefficient (Wildman–Crippen LogP) is 5.65. The summed E-state index contributed by atoms with van der Waals surface area (Å²) in [5.74, 6) is -0.710. The summed E-state index contributed by atoms with van der Waals surface area (Å²) in [4.78, 5) is 14.0. The highest BCUT2D eigenvalue weighted by atomic mass is 19.1. The van der Waals surface area contributed by atoms with Crippen LogP contribution in [0.2, 0.25) is 0 Å². The average Bonchev–Trinajstić information content (AvgIpc) is 2.99. The fourth-order valence-electron chi connectivity index (χ4n) is 4.41. The number of carbonyl (C=O) groups excluding carboxylic acids is 1. The van der Waals surface area contributed by atoms with Crippen LogP contribution in [0.5, 0.6) is 5.75 Å². The Morgan fingerprint density at radius 2 is 1.66 bits per heavy atom. The van der Waals surface area contributed by atoms with Gasteiger partial charge in [-0.25, -0.2) is 9.18 Å². The fraction of sp³-hybridized carbons (Fsp3) is 0.680. The number of aliphatic hydroxyl groups is 1. The van der Waals surface area contributed by atoms with E-state index in [4.69, 9.17) is 20.2 Å². The maximum atomic E-state index is 12.3. The molecule has 1 aromatic rings. The van der Waals surface area contributed by atoms with Crippen molar-refractivity contribution in [2.75, 3.05) is 0 Å². The molecule has 2 atom stereocenters. The number of phenols is 1. The number of amides is 1. The van der Waals surface area contributed by atoms with E-state index >= 15 is 0 Å². The molecule has 32 heavy (non-hydrogen) atoms. The van der Waals surface area contributed by atoms with Crippen molar-refractivity contribution in [2.24, 2.45) is 0 Å². The van der Waals surface area contributed by atoms with Gasteiger partial charge in [-0.05, 0) is 83.9 Å². The number of aliphatic hydroxyl groups excluding tert-OH is 1. The largest absolute Gasteiger partial charge is 0.507 e. The Bertz CT molecular complexity index is 765. The van der Waals surface area contributed by atoms with Crippen LogP contribution in [0.3, 0.4) is 0 Å². The number of benzene rings is 1. The van der Waals surface area contributed by atoms with Crippen LogP contribution < -0.4 is 0 Å². The molecule has 1 saturated carbocycles. The summed E-state index contributed by atoms with van der Waals surface area (Å²) in [6.45, 7) is 5.78. The van der Waals surface area contributed by atoms with Crippen LogP contribution in [0.25, 0.3) is 0 Å². The summed E-state index contributed by atoms with van der Waals surface area (Å²) in [7, 11) is 0. The Balaban J connectivity index is 0.000000184. The molecule has 6 nitrogen and oxygen atoms in total. The second-order valence-electron chi connectivity index (χ2n) is 9.77. The number of carbonyl (C=O) groups is 1. The molecule has 2 saturated heterocycles. The van der Waals surface area contributed by atoms with E-state index in [9.17, 15) is 9.18 Å². The molecule has 1 amide bonds. The first-order chi connectivity index (χ1) is 15.1. The molecule has 0 aromatic heterocycles. The molecule has 1 aromatic carbocycles. The van der Waals surface area contributed by atoms with Crippen molar-refractivity contribution in [1.82, 2.24) is 4.90 Å². The SMILES string of the molecule is CC(C)(C)OC(=O)N1C2CCCC1CC2.N#Cc1cc(F)ccc1O.OC1CCCCC1. The lowest BCUT2D eigenvalue weighted by molar-refractivity contribution is 0.00783. The van der Waals surface area contributed by atoms with E-state index in [-0.39, 0.29) is 29.1 Å². The zero-order valence-electron chi connectivity index (χ0n) is 19.5. The van der Waals surface area contributed by atoms with Crippen LogP contribution in [0.4, 0.5) is 9.18 Å². The van der Waals surface area contributed by atoms with Gasteiger partial charge in [0, 0.05) is 12.1 Å². The number of aromatic hydroxyl groups is 1. The number of hydrogen-bond donors (Lipinski definition) is 2. The first-order valence-electron chi connectivity index (χ1n) is 11.7. The third-order valence-electron chi connectivity index (χ3n) is 5.95. The van der Waals surface area contributed by atoms with E-state index in [1.165, 1.54) is 38.5 Å². The van der Waals surface area contributed by atoms with Gasteiger partial charge in [0.2, 0.25) is 0 Å². The molecule has 2 N–H and O–H groups in total. The van der Waals surface area contributed by atoms with E-state index < -0.39 is 5.82 Å². The van der Waals surface area contributed by atoms with Gasteiger partial charge in [-0.15, -0.1) is 0 Å². The summed E-state index contributed by atoms with van der Waals surface area (Å²) in [6.07, 6.45) is 11.8. The van der Waals surface area contributed by atoms with Crippen molar-refractivity contribution in [1.29, 1.82) is 5.26 Å². The van der Waals surface area contributed by atoms with Gasteiger partial charge >= 0.3 is 6.09 Å². The molecule has 178 valence electrons. The van der Waals surface area contributed by atoms with Crippen LogP contribution >= 0.6 is 0 Å². The van der Waals surface area contributed by atoms with Gasteiger partial charge in [0.25, 0.3) is 0 Å². The van der Waals surface area contributed by atoms with Crippen molar-refractivity contribution in [2.45, 2.75) is 109 Å². The summed E-state index contributed by atoms with van der Waals surface area (Å²) >= 11 is 0. The van der Waals surface area contributed by atoms with E-state index in [1.54, 1.807) is 6.07 Å². The van der Waals surface area contributed by atoms with Gasteiger partial charge in [-0.3, -0.25) is 0 Å². The lowest BCUT2D eigenvalue weighted by Gasteiger charge is -2.35. The monoisotopic (exact) mass is 448 g/mol. The zero-order chi connectivity index (χ0) is 23.7. The number of piperidine rings is 1. The fourth-order valence-corrected chi connectivity index (χ4v) is 4.41. The van der Waals surface area contributed by atoms with Crippen molar-refractivity contribution in [3.05, 3.63) is 29.6 Å². The highest BCUT2D eigenvalue weighted by Gasteiger charge is 2.41. The van der Waals surface area contributed by atoms with Crippen LogP contribution in [0.15, 0.2) is 18.2 Å². The van der Waals surface area contributed by atoms with Crippen LogP contribution in [-0.2, 0) is 4.74 Å². The summed E-state index contributed by atoms with van der Waals surface area (Å²) in [5, 5.41) is 26.0. The normalized spacial score (nSPS) is 22.6. The summed E-state index contributed by atoms with van der Waals surface area (Å²) in [5.41, 5.74) is -0.409. The Morgan fingerprint density at radius 1 is 1.06 bits per heavy atom. The van der Waals surface area contributed by atoms with Crippen molar-refractivity contribution >= 4 is 6.09 Å². The number of rotatable bonds is 0. The molecular weight excluding hydrogens is 411 g/mol. The number of nitriles is 1. The molecule has 2 aliphatic heterocycles. The van der Waals surface area contributed by atoms with E-state index in [0.717, 1.165) is 43.9 Å². The Kier molecular flexibility index (Phi) is 9.77. The Morgan fingerprint density at radius 3 is 2.09 bits per heavy atom. The number of nitrogens with zero attached hydrogens (tertiary/aromatic N) is 2. The lowest BCUT2D eigenvalue weighted by atomic mass is 9.98. The molecule has 0 radical (unpaired) electrons. The first-order valence-corrected chi connectivity index (χ1v) is 11.7. The standard InChI is InChI=1S/C12H21NO2.C7H4FNO.C6H12O/c1-12(2,3)15-11(14)13-9-5-4-6-10(13)8-7-9;8-6-1-2-7(10)5(3-6)4-9;7-6-4-2-1-3-5-6/h9-10H,4-8H2,1-3H3;1-3,10H;6-7H,1-5H2. The average molecular weight is 449 g/mol. The minimum atomic E-state index is -0.519. The zero-order valence-corrected chi connectivity index (χ0v) is 19.5. The summed E-state index contributed by atoms with van der Waals surface area (Å²) in [6, 6.07) is 5.78. The van der Waals surface area contributed by atoms with E-state index in [0.29, 0.717) is 12.1 Å². The molecule has 3 aliphatic rings. The molecule has 3 fully saturated rings. The van der Waals surface area contributed by atoms with Gasteiger partial charge < -0.3 is 19.8 Å². The summed E-state index contributed by atoms with van der Waals surface area (Å²) < 4.78 is 17.7. The molecule has 0 spiro atoms. The molecule has 7 heteroatoms. The topological polar surface area (TPSA) is 93.8 Å². The minimum Gasteiger partial charge on any atom is -0.507 e. The van der Waals surface area contributed by atoms with Gasteiger partial charge in [0.15, 0.2) is 0 Å². The van der Waals surface area contributed by atoms with Crippen molar-refractivity contribution in [3.8, 4) is 11.8 Å². The number of halogens is 1. The quantitative estimate of drug-likeness (QED) is 0.535. The second-order valence-corrected chi connectivity index (χ2v) is 9.77. The highest BCUT2D eigenvalue weighted by Crippen LogP contribution is 2.36. The van der Waals surface area contributed by atoms with Gasteiger partial charge in [0.1, 0.15) is 23.2 Å². The third kappa shape index (κ3) is 8.31. The molecular formula is C25H37FN2O4. The molecule has 2 unspecified atom stereocenters. The molecule has 4 rings (SSSR count). The van der Waals surface area contributed by atoms with Gasteiger partial charge in [-0.1, -0.05) is 19.3 Å². The van der Waals surface area contributed by atoms with Gasteiger partial charge in [-0.2, -0.15) is 5.26 Å². The minimum absolute atomic E-state index is 0.0359. The lowest BCUT2D eigenvalue weighted by Crippen LogP contribution is -2.46. The predicted molar refractivity (Wildman–Crippen MR) is 121 cm³/mol. The molecule has 1 aliphatic carbocycles. The molecule has 2 bridgehead atoms. The number of hydrogen-bond acceptors (Lipinski definition) is 5. The number of fused-ring (bicyclic) bond motifs is 2. The maximum Gasteiger partial charge on any atom is 0.410 e. The van der Waals surface area contributed by atoms with E-state index in [1.807, 2.05) is 25.7 Å². The number of ether oxygens (including phenoxy) is 1. The van der Waals surface area contributed by atoms with Crippen LogP contribution in [0.1, 0.15) is 90.5 Å². The maximum absolute atomic E-state index is 12.3. The van der Waals surface area contributed by atoms with Crippen molar-refractivity contribution in [3.63, 3.8) is 0 Å². The smallest absolute Gasteiger partial charge is 0.410 e. The molecule has 2 heterocycles. The van der Waals surface area contributed by atoms with Crippen LogP contribution in [0, 0.1) is 17.1 Å². The first kappa shape index (κ1) is 25.9. The Hall–Kier alpha value is -2.33. The Labute approximate surface area is 191 Å². The van der Waals surface area contributed by atoms with E-state index in [2.05, 4.69) is 0 Å². The third-order valence-corrected chi connectivity index (χ3v) is 5.95. The van der Waals surface area contributed by atoms with Crippen LogP contribution in [-0.4, -0.2) is 45.0 Å². The van der Waals surface area contributed by atoms with Crippen molar-refractivity contribution < 1.29 is 24.1 Å². The number of phenolic OH excluding ortho intramolecular Hbond substituents is 1. The van der Waals surface area contributed by atoms with Gasteiger partial charge in [0.05, 0.1) is 11.7 Å². The highest BCUT2D eigenvalue weighted by molar-refractivity contribution is 5.69. The second kappa shape index (κ2) is 12.1.